The first-order chi connectivity index (χ1) is 8.69. The Morgan fingerprint density at radius 3 is 2.42 bits per heavy atom. The molecule has 0 spiro atoms. The molecule has 0 aliphatic heterocycles. The number of carbonyl (C=O) groups is 2. The summed E-state index contributed by atoms with van der Waals surface area (Å²) in [4.78, 5) is 21.4. The largest absolute Gasteiger partial charge is 0.478 e. The molecule has 0 saturated heterocycles. The Kier molecular flexibility index (Phi) is 4.30. The van der Waals surface area contributed by atoms with Gasteiger partial charge in [0.15, 0.2) is 6.61 Å². The highest BCUT2D eigenvalue weighted by Crippen LogP contribution is 2.18. The zero-order chi connectivity index (χ0) is 14.6. The summed E-state index contributed by atoms with van der Waals surface area (Å²) in [5, 5.41) is 10.3. The minimum atomic E-state index is -4.69. The molecule has 0 heterocycles. The molecule has 1 aromatic carbocycles. The fourth-order valence-electron chi connectivity index (χ4n) is 1.04. The average Bonchev–Trinajstić information content (AvgIpc) is 2.28. The van der Waals surface area contributed by atoms with E-state index in [0.717, 1.165) is 12.1 Å². The van der Waals surface area contributed by atoms with Gasteiger partial charge in [0, 0.05) is 0 Å². The van der Waals surface area contributed by atoms with Gasteiger partial charge in [0.25, 0.3) is 0 Å². The van der Waals surface area contributed by atoms with Gasteiger partial charge in [0.05, 0.1) is 11.3 Å². The topological polar surface area (TPSA) is 75.6 Å². The SMILES string of the molecule is O=C(Nc1ccc(C(=O)O)cc1F)OCC(F)(F)F. The Balaban J connectivity index is 2.67. The van der Waals surface area contributed by atoms with Gasteiger partial charge in [-0.2, -0.15) is 13.2 Å². The molecule has 9 heteroatoms. The number of amides is 1. The van der Waals surface area contributed by atoms with Crippen molar-refractivity contribution in [3.63, 3.8) is 0 Å². The van der Waals surface area contributed by atoms with E-state index < -0.39 is 36.4 Å². The number of hydrogen-bond acceptors (Lipinski definition) is 3. The first-order valence-electron chi connectivity index (χ1n) is 4.72. The first kappa shape index (κ1) is 14.7. The van der Waals surface area contributed by atoms with E-state index in [1.807, 2.05) is 0 Å². The van der Waals surface area contributed by atoms with Gasteiger partial charge in [-0.3, -0.25) is 5.32 Å². The number of halogens is 4. The van der Waals surface area contributed by atoms with Crippen molar-refractivity contribution in [1.29, 1.82) is 0 Å². The molecule has 0 aromatic heterocycles. The fourth-order valence-corrected chi connectivity index (χ4v) is 1.04. The summed E-state index contributed by atoms with van der Waals surface area (Å²) < 4.78 is 52.3. The number of aromatic carboxylic acids is 1. The molecule has 1 rings (SSSR count). The Morgan fingerprint density at radius 2 is 1.95 bits per heavy atom. The zero-order valence-electron chi connectivity index (χ0n) is 9.12. The van der Waals surface area contributed by atoms with Gasteiger partial charge in [-0.25, -0.2) is 14.0 Å². The van der Waals surface area contributed by atoms with Crippen molar-refractivity contribution in [2.24, 2.45) is 0 Å². The molecule has 0 aliphatic rings. The minimum Gasteiger partial charge on any atom is -0.478 e. The molecule has 5 nitrogen and oxygen atoms in total. The van der Waals surface area contributed by atoms with Crippen LogP contribution >= 0.6 is 0 Å². The van der Waals surface area contributed by atoms with Crippen LogP contribution in [-0.2, 0) is 4.74 Å². The number of nitrogens with one attached hydrogen (secondary N) is 1. The Morgan fingerprint density at radius 1 is 1.32 bits per heavy atom. The molecule has 0 radical (unpaired) electrons. The minimum absolute atomic E-state index is 0.369. The second-order valence-corrected chi connectivity index (χ2v) is 3.32. The molecule has 2 N–H and O–H groups in total. The van der Waals surface area contributed by atoms with Crippen LogP contribution in [0, 0.1) is 5.82 Å². The Hall–Kier alpha value is -2.32. The highest BCUT2D eigenvalue weighted by molar-refractivity contribution is 5.89. The predicted octanol–water partition coefficient (Wildman–Crippen LogP) is 2.63. The van der Waals surface area contributed by atoms with Crippen LogP contribution in [0.1, 0.15) is 10.4 Å². The lowest BCUT2D eigenvalue weighted by atomic mass is 10.2. The lowest BCUT2D eigenvalue weighted by Crippen LogP contribution is -2.23. The quantitative estimate of drug-likeness (QED) is 0.835. The van der Waals surface area contributed by atoms with Crippen molar-refractivity contribution in [1.82, 2.24) is 0 Å². The third kappa shape index (κ3) is 4.82. The molecule has 1 aromatic rings. The second kappa shape index (κ2) is 5.55. The number of benzene rings is 1. The summed E-state index contributed by atoms with van der Waals surface area (Å²) in [5.41, 5.74) is -0.858. The van der Waals surface area contributed by atoms with E-state index in [0.29, 0.717) is 6.07 Å². The molecule has 0 fully saturated rings. The van der Waals surface area contributed by atoms with Crippen LogP contribution in [0.4, 0.5) is 28.0 Å². The van der Waals surface area contributed by atoms with Crippen molar-refractivity contribution in [2.75, 3.05) is 11.9 Å². The number of alkyl halides is 3. The van der Waals surface area contributed by atoms with Crippen LogP contribution in [0.15, 0.2) is 18.2 Å². The van der Waals surface area contributed by atoms with Crippen LogP contribution in [-0.4, -0.2) is 30.0 Å². The summed E-state index contributed by atoms with van der Waals surface area (Å²) in [6, 6.07) is 2.49. The summed E-state index contributed by atoms with van der Waals surface area (Å²) in [7, 11) is 0. The summed E-state index contributed by atoms with van der Waals surface area (Å²) in [6.45, 7) is -1.81. The van der Waals surface area contributed by atoms with E-state index in [1.54, 1.807) is 5.32 Å². The molecule has 0 bridgehead atoms. The van der Waals surface area contributed by atoms with E-state index in [4.69, 9.17) is 5.11 Å². The number of carboxylic acids is 1. The van der Waals surface area contributed by atoms with Gasteiger partial charge in [-0.15, -0.1) is 0 Å². The first-order valence-corrected chi connectivity index (χ1v) is 4.72. The number of carbonyl (C=O) groups excluding carboxylic acids is 1. The van der Waals surface area contributed by atoms with Gasteiger partial charge < -0.3 is 9.84 Å². The predicted molar refractivity (Wildman–Crippen MR) is 54.4 cm³/mol. The van der Waals surface area contributed by atoms with Gasteiger partial charge >= 0.3 is 18.2 Å². The highest BCUT2D eigenvalue weighted by atomic mass is 19.4. The number of rotatable bonds is 3. The van der Waals surface area contributed by atoms with Crippen molar-refractivity contribution in [3.8, 4) is 0 Å². The van der Waals surface area contributed by atoms with E-state index in [-0.39, 0.29) is 5.56 Å². The van der Waals surface area contributed by atoms with E-state index >= 15 is 0 Å². The Labute approximate surface area is 103 Å². The third-order valence-corrected chi connectivity index (χ3v) is 1.82. The summed E-state index contributed by atoms with van der Waals surface area (Å²) >= 11 is 0. The molecular weight excluding hydrogens is 274 g/mol. The van der Waals surface area contributed by atoms with Gasteiger partial charge in [-0.1, -0.05) is 0 Å². The van der Waals surface area contributed by atoms with Crippen LogP contribution in [0.2, 0.25) is 0 Å². The monoisotopic (exact) mass is 281 g/mol. The number of anilines is 1. The molecule has 19 heavy (non-hydrogen) atoms. The lowest BCUT2D eigenvalue weighted by Gasteiger charge is -2.09. The van der Waals surface area contributed by atoms with Crippen LogP contribution < -0.4 is 5.32 Å². The van der Waals surface area contributed by atoms with Crippen LogP contribution in [0.3, 0.4) is 0 Å². The maximum absolute atomic E-state index is 13.3. The molecule has 0 saturated carbocycles. The zero-order valence-corrected chi connectivity index (χ0v) is 9.12. The van der Waals surface area contributed by atoms with Crippen molar-refractivity contribution >= 4 is 17.7 Å². The number of ether oxygens (including phenoxy) is 1. The molecular formula is C10H7F4NO4. The molecule has 0 atom stereocenters. The highest BCUT2D eigenvalue weighted by Gasteiger charge is 2.29. The average molecular weight is 281 g/mol. The van der Waals surface area contributed by atoms with Crippen LogP contribution in [0.25, 0.3) is 0 Å². The summed E-state index contributed by atoms with van der Waals surface area (Å²) in [6.07, 6.45) is -6.19. The number of carboxylic acid groups (broad SMARTS) is 1. The fraction of sp³-hybridized carbons (Fsp3) is 0.200. The van der Waals surface area contributed by atoms with E-state index in [9.17, 15) is 27.2 Å². The van der Waals surface area contributed by atoms with Crippen molar-refractivity contribution in [3.05, 3.63) is 29.6 Å². The maximum atomic E-state index is 13.3. The molecule has 104 valence electrons. The Bertz CT molecular complexity index is 501. The molecule has 1 amide bonds. The lowest BCUT2D eigenvalue weighted by molar-refractivity contribution is -0.159. The molecule has 0 unspecified atom stereocenters. The van der Waals surface area contributed by atoms with Crippen molar-refractivity contribution < 1.29 is 37.0 Å². The van der Waals surface area contributed by atoms with E-state index in [2.05, 4.69) is 4.74 Å². The number of hydrogen-bond donors (Lipinski definition) is 2. The summed E-state index contributed by atoms with van der Waals surface area (Å²) in [5.74, 6) is -2.49. The van der Waals surface area contributed by atoms with Crippen molar-refractivity contribution in [2.45, 2.75) is 6.18 Å². The maximum Gasteiger partial charge on any atom is 0.422 e. The van der Waals surface area contributed by atoms with Gasteiger partial charge in [0.2, 0.25) is 0 Å². The van der Waals surface area contributed by atoms with Gasteiger partial charge in [0.1, 0.15) is 5.82 Å². The second-order valence-electron chi connectivity index (χ2n) is 3.32. The standard InChI is InChI=1S/C10H7F4NO4/c11-6-3-5(8(16)17)1-2-7(6)15-9(18)19-4-10(12,13)14/h1-3H,4H2,(H,15,18)(H,16,17). The normalized spacial score (nSPS) is 10.9. The smallest absolute Gasteiger partial charge is 0.422 e. The van der Waals surface area contributed by atoms with Crippen LogP contribution in [0.5, 0.6) is 0 Å². The molecule has 0 aliphatic carbocycles. The third-order valence-electron chi connectivity index (χ3n) is 1.82. The van der Waals surface area contributed by atoms with Gasteiger partial charge in [-0.05, 0) is 18.2 Å². The van der Waals surface area contributed by atoms with E-state index in [1.165, 1.54) is 0 Å².